The number of hydrogen-bond acceptors (Lipinski definition) is 1. The molecule has 0 aromatic heterocycles. The molecule has 0 aliphatic heterocycles. The van der Waals surface area contributed by atoms with Crippen LogP contribution in [0.15, 0.2) is 91.5 Å². The molecular weight excluding hydrogens is 342 g/mol. The molecule has 0 aliphatic rings. The molecule has 0 heterocycles. The van der Waals surface area contributed by atoms with Gasteiger partial charge in [0.15, 0.2) is 8.24 Å². The van der Waals surface area contributed by atoms with Gasteiger partial charge < -0.3 is 4.57 Å². The maximum absolute atomic E-state index is 4.55. The molecule has 0 saturated carbocycles. The number of rotatable bonds is 6. The van der Waals surface area contributed by atoms with Gasteiger partial charge in [0, 0.05) is 11.4 Å². The van der Waals surface area contributed by atoms with E-state index in [0.29, 0.717) is 5.92 Å². The Kier molecular flexibility index (Phi) is 5.67. The Bertz CT molecular complexity index is 898. The van der Waals surface area contributed by atoms with Crippen LogP contribution in [-0.4, -0.2) is 8.24 Å². The van der Waals surface area contributed by atoms with Crippen LogP contribution in [0.25, 0.3) is 5.70 Å². The lowest BCUT2D eigenvalue weighted by Gasteiger charge is -2.42. The van der Waals surface area contributed by atoms with E-state index in [1.165, 1.54) is 22.0 Å². The summed E-state index contributed by atoms with van der Waals surface area (Å²) in [6, 6.07) is 30.2. The minimum atomic E-state index is -2.04. The molecule has 3 rings (SSSR count). The van der Waals surface area contributed by atoms with Crippen LogP contribution in [0.1, 0.15) is 30.9 Å². The van der Waals surface area contributed by atoms with Crippen LogP contribution in [0.3, 0.4) is 0 Å². The van der Waals surface area contributed by atoms with Gasteiger partial charge in [-0.15, -0.1) is 0 Å². The molecule has 2 heteroatoms. The molecule has 0 saturated heterocycles. The van der Waals surface area contributed by atoms with Crippen molar-refractivity contribution in [3.05, 3.63) is 103 Å². The molecule has 0 fully saturated rings. The Labute approximate surface area is 165 Å². The third kappa shape index (κ3) is 3.91. The highest BCUT2D eigenvalue weighted by Gasteiger charge is 2.35. The first kappa shape index (κ1) is 19.2. The van der Waals surface area contributed by atoms with Crippen molar-refractivity contribution in [2.24, 2.45) is 0 Å². The van der Waals surface area contributed by atoms with Crippen molar-refractivity contribution >= 4 is 24.8 Å². The first-order valence-electron chi connectivity index (χ1n) is 9.62. The summed E-state index contributed by atoms with van der Waals surface area (Å²) in [5, 5.41) is 1.40. The van der Waals surface area contributed by atoms with Crippen molar-refractivity contribution in [1.82, 2.24) is 0 Å². The number of benzene rings is 3. The summed E-state index contributed by atoms with van der Waals surface area (Å²) in [7, 11) is -2.04. The van der Waals surface area contributed by atoms with Crippen molar-refractivity contribution in [2.45, 2.75) is 32.9 Å². The highest BCUT2D eigenvalue weighted by atomic mass is 28.3. The van der Waals surface area contributed by atoms with Crippen LogP contribution < -0.4 is 9.75 Å². The van der Waals surface area contributed by atoms with Crippen LogP contribution >= 0.6 is 0 Å². The summed E-state index contributed by atoms with van der Waals surface area (Å²) in [6.07, 6.45) is 0. The molecule has 0 radical (unpaired) electrons. The minimum absolute atomic E-state index is 0.452. The summed E-state index contributed by atoms with van der Waals surface area (Å²) in [5.74, 6) is 0.452. The van der Waals surface area contributed by atoms with Crippen molar-refractivity contribution in [3.8, 4) is 0 Å². The second kappa shape index (κ2) is 7.97. The lowest BCUT2D eigenvalue weighted by molar-refractivity contribution is 0.866. The molecule has 0 unspecified atom stereocenters. The van der Waals surface area contributed by atoms with Gasteiger partial charge in [-0.25, -0.2) is 0 Å². The molecule has 3 aromatic carbocycles. The molecule has 27 heavy (non-hydrogen) atoms. The molecule has 0 aliphatic carbocycles. The van der Waals surface area contributed by atoms with Crippen LogP contribution in [0.4, 0.5) is 5.69 Å². The summed E-state index contributed by atoms with van der Waals surface area (Å²) >= 11 is 0. The first-order valence-corrected chi connectivity index (χ1v) is 12.6. The zero-order valence-corrected chi connectivity index (χ0v) is 17.8. The van der Waals surface area contributed by atoms with Gasteiger partial charge in [0.2, 0.25) is 0 Å². The van der Waals surface area contributed by atoms with E-state index in [2.05, 4.69) is 123 Å². The summed E-state index contributed by atoms with van der Waals surface area (Å²) < 4.78 is 2.53. The third-order valence-corrected chi connectivity index (χ3v) is 8.59. The highest BCUT2D eigenvalue weighted by Crippen LogP contribution is 2.36. The van der Waals surface area contributed by atoms with Gasteiger partial charge in [-0.1, -0.05) is 99.3 Å². The van der Waals surface area contributed by atoms with E-state index in [-0.39, 0.29) is 0 Å². The van der Waals surface area contributed by atoms with Crippen molar-refractivity contribution in [3.63, 3.8) is 0 Å². The van der Waals surface area contributed by atoms with E-state index in [1.54, 1.807) is 0 Å². The predicted octanol–water partition coefficient (Wildman–Crippen LogP) is 6.40. The lowest BCUT2D eigenvalue weighted by atomic mass is 10.0. The number of anilines is 1. The Morgan fingerprint density at radius 1 is 0.778 bits per heavy atom. The summed E-state index contributed by atoms with van der Waals surface area (Å²) in [5.41, 5.74) is 4.89. The Hall–Kier alpha value is -2.58. The molecular formula is C25H29NSi. The number of nitrogens with zero attached hydrogens (tertiary/aromatic N) is 1. The fraction of sp³-hybridized carbons (Fsp3) is 0.200. The maximum atomic E-state index is 4.55. The second-order valence-corrected chi connectivity index (χ2v) is 11.9. The van der Waals surface area contributed by atoms with E-state index in [1.807, 2.05) is 0 Å². The van der Waals surface area contributed by atoms with Crippen LogP contribution in [-0.2, 0) is 0 Å². The van der Waals surface area contributed by atoms with E-state index >= 15 is 0 Å². The zero-order chi connectivity index (χ0) is 19.4. The van der Waals surface area contributed by atoms with E-state index in [0.717, 1.165) is 5.70 Å². The van der Waals surface area contributed by atoms with Crippen LogP contribution in [0, 0.1) is 0 Å². The van der Waals surface area contributed by atoms with Gasteiger partial charge >= 0.3 is 0 Å². The van der Waals surface area contributed by atoms with Gasteiger partial charge in [0.05, 0.1) is 0 Å². The van der Waals surface area contributed by atoms with Crippen molar-refractivity contribution < 1.29 is 0 Å². The van der Waals surface area contributed by atoms with Crippen LogP contribution in [0.2, 0.25) is 13.1 Å². The minimum Gasteiger partial charge on any atom is -0.364 e. The first-order chi connectivity index (χ1) is 12.9. The highest BCUT2D eigenvalue weighted by molar-refractivity contribution is 6.94. The Balaban J connectivity index is 2.21. The smallest absolute Gasteiger partial charge is 0.187 e. The van der Waals surface area contributed by atoms with Gasteiger partial charge in [-0.05, 0) is 41.4 Å². The van der Waals surface area contributed by atoms with Gasteiger partial charge in [-0.3, -0.25) is 0 Å². The fourth-order valence-corrected chi connectivity index (χ4v) is 6.57. The molecule has 1 nitrogen and oxygen atoms in total. The lowest BCUT2D eigenvalue weighted by Crippen LogP contribution is -2.57. The van der Waals surface area contributed by atoms with Crippen molar-refractivity contribution in [2.75, 3.05) is 4.57 Å². The van der Waals surface area contributed by atoms with Crippen LogP contribution in [0.5, 0.6) is 0 Å². The topological polar surface area (TPSA) is 3.24 Å². The zero-order valence-electron chi connectivity index (χ0n) is 16.8. The molecule has 0 spiro atoms. The quantitative estimate of drug-likeness (QED) is 0.453. The largest absolute Gasteiger partial charge is 0.364 e. The SMILES string of the molecule is C=C(c1ccccc1)N(c1ccccc1C(C)C)[Si](C)(C)c1ccccc1. The van der Waals surface area contributed by atoms with E-state index in [9.17, 15) is 0 Å². The van der Waals surface area contributed by atoms with E-state index in [4.69, 9.17) is 0 Å². The summed E-state index contributed by atoms with van der Waals surface area (Å²) in [4.78, 5) is 0. The normalized spacial score (nSPS) is 11.4. The van der Waals surface area contributed by atoms with Gasteiger partial charge in [-0.2, -0.15) is 0 Å². The average molecular weight is 372 g/mol. The second-order valence-electron chi connectivity index (χ2n) is 7.79. The fourth-order valence-electron chi connectivity index (χ4n) is 3.70. The number of para-hydroxylation sites is 1. The molecule has 138 valence electrons. The molecule has 0 amide bonds. The summed E-state index contributed by atoms with van der Waals surface area (Å²) in [6.45, 7) is 13.9. The van der Waals surface area contributed by atoms with Gasteiger partial charge in [0.25, 0.3) is 0 Å². The van der Waals surface area contributed by atoms with Crippen molar-refractivity contribution in [1.29, 1.82) is 0 Å². The van der Waals surface area contributed by atoms with E-state index < -0.39 is 8.24 Å². The Morgan fingerprint density at radius 2 is 1.30 bits per heavy atom. The molecule has 0 bridgehead atoms. The maximum Gasteiger partial charge on any atom is 0.187 e. The standard InChI is InChI=1S/C25H29NSi/c1-20(2)24-18-12-13-19-25(24)26(21(3)22-14-8-6-9-15-22)27(4,5)23-16-10-7-11-17-23/h6-20H,3H2,1-2,4-5H3. The van der Waals surface area contributed by atoms with Gasteiger partial charge in [0.1, 0.15) is 0 Å². The number of hydrogen-bond donors (Lipinski definition) is 0. The molecule has 0 atom stereocenters. The average Bonchev–Trinajstić information content (AvgIpc) is 2.69. The molecule has 3 aromatic rings. The monoisotopic (exact) mass is 371 g/mol. The third-order valence-electron chi connectivity index (χ3n) is 5.22. The molecule has 0 N–H and O–H groups in total. The Morgan fingerprint density at radius 3 is 1.89 bits per heavy atom. The predicted molar refractivity (Wildman–Crippen MR) is 122 cm³/mol.